The smallest absolute Gasteiger partial charge is 0.0468 e. The first-order valence-corrected chi connectivity index (χ1v) is 17.0. The summed E-state index contributed by atoms with van der Waals surface area (Å²) in [6.45, 7) is 9.79. The Balaban J connectivity index is 1.29. The third kappa shape index (κ3) is 3.80. The van der Waals surface area contributed by atoms with Crippen LogP contribution in [0.25, 0.3) is 52.8 Å². The lowest BCUT2D eigenvalue weighted by atomic mass is 9.54. The molecule has 0 spiro atoms. The van der Waals surface area contributed by atoms with Crippen LogP contribution in [0.3, 0.4) is 0 Å². The molecular weight excluding hydrogens is 575 g/mol. The van der Waals surface area contributed by atoms with Crippen molar-refractivity contribution < 1.29 is 0 Å². The van der Waals surface area contributed by atoms with Crippen molar-refractivity contribution in [2.45, 2.75) is 38.5 Å². The van der Waals surface area contributed by atoms with Crippen LogP contribution < -0.4 is 4.90 Å². The van der Waals surface area contributed by atoms with E-state index in [2.05, 4.69) is 172 Å². The molecular formula is C44H35NS. The number of hydrogen-bond acceptors (Lipinski definition) is 2. The van der Waals surface area contributed by atoms with Crippen molar-refractivity contribution in [2.24, 2.45) is 0 Å². The molecule has 0 radical (unpaired) electrons. The zero-order valence-corrected chi connectivity index (χ0v) is 27.5. The molecule has 9 rings (SSSR count). The molecule has 46 heavy (non-hydrogen) atoms. The van der Waals surface area contributed by atoms with Crippen molar-refractivity contribution >= 4 is 70.1 Å². The highest BCUT2D eigenvalue weighted by atomic mass is 32.1. The summed E-state index contributed by atoms with van der Waals surface area (Å²) in [7, 11) is 0. The molecule has 1 nitrogen and oxygen atoms in total. The first-order chi connectivity index (χ1) is 22.3. The maximum absolute atomic E-state index is 2.47. The maximum Gasteiger partial charge on any atom is 0.0468 e. The van der Waals surface area contributed by atoms with Gasteiger partial charge in [0.25, 0.3) is 0 Å². The lowest BCUT2D eigenvalue weighted by Crippen LogP contribution is -2.43. The molecule has 0 amide bonds. The fourth-order valence-electron chi connectivity index (χ4n) is 7.92. The Morgan fingerprint density at radius 1 is 0.457 bits per heavy atom. The highest BCUT2D eigenvalue weighted by Crippen LogP contribution is 2.57. The van der Waals surface area contributed by atoms with E-state index in [1.165, 1.54) is 75.3 Å². The molecule has 1 heterocycles. The van der Waals surface area contributed by atoms with Crippen LogP contribution in [-0.4, -0.2) is 0 Å². The lowest BCUT2D eigenvalue weighted by molar-refractivity contribution is 0.301. The van der Waals surface area contributed by atoms with Crippen molar-refractivity contribution in [3.8, 4) is 11.1 Å². The van der Waals surface area contributed by atoms with Gasteiger partial charge in [-0.15, -0.1) is 11.3 Å². The van der Waals surface area contributed by atoms with E-state index >= 15 is 0 Å². The van der Waals surface area contributed by atoms with Crippen molar-refractivity contribution in [2.75, 3.05) is 4.90 Å². The van der Waals surface area contributed by atoms with Gasteiger partial charge in [-0.1, -0.05) is 119 Å². The van der Waals surface area contributed by atoms with Crippen LogP contribution in [0.4, 0.5) is 17.1 Å². The largest absolute Gasteiger partial charge is 0.310 e. The van der Waals surface area contributed by atoms with Crippen molar-refractivity contribution in [1.29, 1.82) is 0 Å². The number of nitrogens with zero attached hydrogens (tertiary/aromatic N) is 1. The summed E-state index contributed by atoms with van der Waals surface area (Å²) in [6, 6.07) is 51.8. The van der Waals surface area contributed by atoms with Gasteiger partial charge in [0.15, 0.2) is 0 Å². The molecule has 0 aliphatic heterocycles. The van der Waals surface area contributed by atoms with Crippen LogP contribution >= 0.6 is 11.3 Å². The van der Waals surface area contributed by atoms with Gasteiger partial charge in [0.1, 0.15) is 0 Å². The first-order valence-electron chi connectivity index (χ1n) is 16.2. The Bertz CT molecular complexity index is 2480. The Hall–Kier alpha value is -4.92. The van der Waals surface area contributed by atoms with Crippen LogP contribution in [0, 0.1) is 0 Å². The van der Waals surface area contributed by atoms with Crippen LogP contribution in [0.5, 0.6) is 0 Å². The number of thiophene rings is 1. The molecule has 222 valence electrons. The maximum atomic E-state index is 2.47. The van der Waals surface area contributed by atoms with Gasteiger partial charge in [0.05, 0.1) is 0 Å². The number of hydrogen-bond donors (Lipinski definition) is 0. The average Bonchev–Trinajstić information content (AvgIpc) is 3.46. The second-order valence-corrected chi connectivity index (χ2v) is 14.9. The summed E-state index contributed by atoms with van der Waals surface area (Å²) in [6.07, 6.45) is 0. The van der Waals surface area contributed by atoms with E-state index in [0.717, 1.165) is 5.69 Å². The van der Waals surface area contributed by atoms with Gasteiger partial charge in [0.2, 0.25) is 0 Å². The Labute approximate surface area is 274 Å². The molecule has 1 aliphatic rings. The molecule has 0 bridgehead atoms. The van der Waals surface area contributed by atoms with E-state index in [4.69, 9.17) is 0 Å². The van der Waals surface area contributed by atoms with Gasteiger partial charge in [0, 0.05) is 42.6 Å². The van der Waals surface area contributed by atoms with Crippen LogP contribution in [0.15, 0.2) is 140 Å². The Morgan fingerprint density at radius 3 is 1.93 bits per heavy atom. The van der Waals surface area contributed by atoms with Gasteiger partial charge in [-0.2, -0.15) is 0 Å². The monoisotopic (exact) mass is 609 g/mol. The Morgan fingerprint density at radius 2 is 1.09 bits per heavy atom. The number of rotatable bonds is 3. The van der Waals surface area contributed by atoms with Gasteiger partial charge < -0.3 is 4.90 Å². The summed E-state index contributed by atoms with van der Waals surface area (Å²) < 4.78 is 2.65. The summed E-state index contributed by atoms with van der Waals surface area (Å²) >= 11 is 1.87. The van der Waals surface area contributed by atoms with Crippen molar-refractivity contribution in [1.82, 2.24) is 0 Å². The summed E-state index contributed by atoms with van der Waals surface area (Å²) in [5.41, 5.74) is 8.81. The van der Waals surface area contributed by atoms with E-state index < -0.39 is 0 Å². The normalized spacial score (nSPS) is 14.9. The molecule has 0 fully saturated rings. The minimum atomic E-state index is -0.132. The standard InChI is InChI=1S/C44H35NS/c1-43(2)38-27-32(45(30-13-6-5-7-14-30)31-22-25-40-37(26-31)35-16-10-11-17-39(35)46-40)21-24-34(38)36-23-20-29-19-18-28-12-8-9-15-33(28)41(29)42(36)44(43,3)4/h5-27H,1-4H3. The zero-order valence-electron chi connectivity index (χ0n) is 26.6. The average molecular weight is 610 g/mol. The van der Waals surface area contributed by atoms with E-state index in [9.17, 15) is 0 Å². The number of para-hydroxylation sites is 1. The highest BCUT2D eigenvalue weighted by molar-refractivity contribution is 7.25. The summed E-state index contributed by atoms with van der Waals surface area (Å²) in [5, 5.41) is 7.98. The van der Waals surface area contributed by atoms with Gasteiger partial charge in [-0.25, -0.2) is 0 Å². The number of fused-ring (bicyclic) bond motifs is 10. The molecule has 2 heteroatoms. The third-order valence-electron chi connectivity index (χ3n) is 11.0. The second-order valence-electron chi connectivity index (χ2n) is 13.8. The molecule has 0 N–H and O–H groups in total. The molecule has 0 unspecified atom stereocenters. The van der Waals surface area contributed by atoms with Crippen molar-refractivity contribution in [3.63, 3.8) is 0 Å². The molecule has 1 aliphatic carbocycles. The molecule has 0 atom stereocenters. The van der Waals surface area contributed by atoms with Crippen molar-refractivity contribution in [3.05, 3.63) is 151 Å². The van der Waals surface area contributed by atoms with E-state index in [1.54, 1.807) is 0 Å². The van der Waals surface area contributed by atoms with E-state index in [1.807, 2.05) is 11.3 Å². The molecule has 1 aromatic heterocycles. The topological polar surface area (TPSA) is 3.24 Å². The van der Waals surface area contributed by atoms with Crippen LogP contribution in [0.1, 0.15) is 38.8 Å². The fraction of sp³-hybridized carbons (Fsp3) is 0.136. The summed E-state index contributed by atoms with van der Waals surface area (Å²) in [5.74, 6) is 0. The molecule has 8 aromatic rings. The van der Waals surface area contributed by atoms with Crippen LogP contribution in [0.2, 0.25) is 0 Å². The summed E-state index contributed by atoms with van der Waals surface area (Å²) in [4.78, 5) is 2.43. The number of benzene rings is 7. The fourth-order valence-corrected chi connectivity index (χ4v) is 9.01. The molecule has 7 aromatic carbocycles. The lowest BCUT2D eigenvalue weighted by Gasteiger charge is -2.49. The molecule has 0 saturated carbocycles. The minimum Gasteiger partial charge on any atom is -0.310 e. The highest BCUT2D eigenvalue weighted by Gasteiger charge is 2.47. The minimum absolute atomic E-state index is 0.121. The predicted octanol–water partition coefficient (Wildman–Crippen LogP) is 13.1. The van der Waals surface area contributed by atoms with Crippen LogP contribution in [-0.2, 0) is 10.8 Å². The van der Waals surface area contributed by atoms with E-state index in [-0.39, 0.29) is 10.8 Å². The van der Waals surface area contributed by atoms with Gasteiger partial charge in [-0.3, -0.25) is 0 Å². The number of anilines is 3. The molecule has 0 saturated heterocycles. The third-order valence-corrected chi connectivity index (χ3v) is 12.1. The predicted molar refractivity (Wildman–Crippen MR) is 201 cm³/mol. The Kier molecular flexibility index (Phi) is 5.83. The SMILES string of the molecule is CC1(C)c2cc(N(c3ccccc3)c3ccc4sc5ccccc5c4c3)ccc2-c2ccc3ccc4ccccc4c3c2C1(C)C. The van der Waals surface area contributed by atoms with Gasteiger partial charge in [-0.05, 0) is 97.7 Å². The first kappa shape index (κ1) is 27.4. The van der Waals surface area contributed by atoms with E-state index in [0.29, 0.717) is 0 Å². The second kappa shape index (κ2) is 9.79. The van der Waals surface area contributed by atoms with Gasteiger partial charge >= 0.3 is 0 Å². The zero-order chi connectivity index (χ0) is 31.2. The quantitative estimate of drug-likeness (QED) is 0.180.